The molecule has 1 aromatic carbocycles. The number of halogens is 1. The summed E-state index contributed by atoms with van der Waals surface area (Å²) in [6.45, 7) is 2.42. The Morgan fingerprint density at radius 2 is 1.95 bits per heavy atom. The lowest BCUT2D eigenvalue weighted by Crippen LogP contribution is -2.29. The van der Waals surface area contributed by atoms with Gasteiger partial charge in [0.2, 0.25) is 0 Å². The Kier molecular flexibility index (Phi) is 5.59. The number of Topliss-reactive ketones (excluding diaryl/α,β-unsaturated/α-hetero) is 1. The second kappa shape index (κ2) is 7.20. The van der Waals surface area contributed by atoms with Crippen LogP contribution in [0.3, 0.4) is 0 Å². The number of hydrogen-bond acceptors (Lipinski definition) is 2. The lowest BCUT2D eigenvalue weighted by molar-refractivity contribution is -0.00570. The van der Waals surface area contributed by atoms with Crippen molar-refractivity contribution in [1.82, 2.24) is 0 Å². The van der Waals surface area contributed by atoms with Crippen molar-refractivity contribution in [2.75, 3.05) is 6.61 Å². The molecule has 3 heteroatoms. The largest absolute Gasteiger partial charge is 0.370 e. The van der Waals surface area contributed by atoms with Crippen LogP contribution < -0.4 is 0 Å². The summed E-state index contributed by atoms with van der Waals surface area (Å²) in [5.41, 5.74) is 0.729. The lowest BCUT2D eigenvalue weighted by atomic mass is 9.85. The molecule has 0 N–H and O–H groups in total. The van der Waals surface area contributed by atoms with Gasteiger partial charge in [-0.2, -0.15) is 0 Å². The fourth-order valence-corrected chi connectivity index (χ4v) is 3.03. The monoisotopic (exact) mass is 324 g/mol. The second-order valence-corrected chi connectivity index (χ2v) is 6.15. The predicted molar refractivity (Wildman–Crippen MR) is 80.5 cm³/mol. The molecule has 0 saturated heterocycles. The van der Waals surface area contributed by atoms with E-state index < -0.39 is 0 Å². The van der Waals surface area contributed by atoms with Crippen LogP contribution in [0.4, 0.5) is 0 Å². The third-order valence-corrected chi connectivity index (χ3v) is 4.49. The van der Waals surface area contributed by atoms with E-state index >= 15 is 0 Å². The molecule has 0 bridgehead atoms. The van der Waals surface area contributed by atoms with E-state index in [-0.39, 0.29) is 18.5 Å². The topological polar surface area (TPSA) is 26.3 Å². The van der Waals surface area contributed by atoms with E-state index in [0.717, 1.165) is 22.9 Å². The average Bonchev–Trinajstić information content (AvgIpc) is 2.45. The SMILES string of the molecule is CCC1CCCCC1OCC(=O)c1ccc(Br)cc1. The summed E-state index contributed by atoms with van der Waals surface area (Å²) < 4.78 is 6.86. The van der Waals surface area contributed by atoms with Crippen molar-refractivity contribution in [2.24, 2.45) is 5.92 Å². The molecule has 0 radical (unpaired) electrons. The van der Waals surface area contributed by atoms with Gasteiger partial charge in [0.15, 0.2) is 5.78 Å². The highest BCUT2D eigenvalue weighted by molar-refractivity contribution is 9.10. The smallest absolute Gasteiger partial charge is 0.188 e. The van der Waals surface area contributed by atoms with Crippen molar-refractivity contribution in [3.8, 4) is 0 Å². The number of benzene rings is 1. The van der Waals surface area contributed by atoms with Gasteiger partial charge in [0.05, 0.1) is 6.10 Å². The van der Waals surface area contributed by atoms with Crippen LogP contribution in [0, 0.1) is 5.92 Å². The summed E-state index contributed by atoms with van der Waals surface area (Å²) >= 11 is 3.37. The minimum absolute atomic E-state index is 0.0768. The fraction of sp³-hybridized carbons (Fsp3) is 0.562. The summed E-state index contributed by atoms with van der Waals surface area (Å²) in [7, 11) is 0. The minimum Gasteiger partial charge on any atom is -0.370 e. The Labute approximate surface area is 123 Å². The van der Waals surface area contributed by atoms with Crippen LogP contribution in [0.1, 0.15) is 49.4 Å². The van der Waals surface area contributed by atoms with E-state index in [1.54, 1.807) is 0 Å². The van der Waals surface area contributed by atoms with E-state index in [9.17, 15) is 4.79 Å². The van der Waals surface area contributed by atoms with Gasteiger partial charge in [-0.1, -0.05) is 54.2 Å². The van der Waals surface area contributed by atoms with Gasteiger partial charge in [0.25, 0.3) is 0 Å². The first kappa shape index (κ1) is 14.7. The van der Waals surface area contributed by atoms with Crippen molar-refractivity contribution in [1.29, 1.82) is 0 Å². The maximum Gasteiger partial charge on any atom is 0.188 e. The third kappa shape index (κ3) is 4.15. The van der Waals surface area contributed by atoms with Gasteiger partial charge in [0, 0.05) is 10.0 Å². The highest BCUT2D eigenvalue weighted by Gasteiger charge is 2.24. The molecule has 0 heterocycles. The van der Waals surface area contributed by atoms with Crippen LogP contribution in [0.5, 0.6) is 0 Å². The van der Waals surface area contributed by atoms with E-state index in [0.29, 0.717) is 5.92 Å². The molecule has 2 atom stereocenters. The third-order valence-electron chi connectivity index (χ3n) is 3.96. The van der Waals surface area contributed by atoms with Gasteiger partial charge in [-0.15, -0.1) is 0 Å². The number of ketones is 1. The molecule has 0 amide bonds. The van der Waals surface area contributed by atoms with Gasteiger partial charge in [0.1, 0.15) is 6.61 Å². The van der Waals surface area contributed by atoms with E-state index in [1.165, 1.54) is 19.3 Å². The zero-order chi connectivity index (χ0) is 13.7. The molecule has 2 nitrogen and oxygen atoms in total. The van der Waals surface area contributed by atoms with E-state index in [4.69, 9.17) is 4.74 Å². The molecular weight excluding hydrogens is 304 g/mol. The highest BCUT2D eigenvalue weighted by atomic mass is 79.9. The molecule has 2 unspecified atom stereocenters. The number of hydrogen-bond donors (Lipinski definition) is 0. The molecule has 1 aliphatic carbocycles. The van der Waals surface area contributed by atoms with Crippen LogP contribution in [0.2, 0.25) is 0 Å². The van der Waals surface area contributed by atoms with Crippen LogP contribution >= 0.6 is 15.9 Å². The Bertz CT molecular complexity index is 413. The van der Waals surface area contributed by atoms with Crippen LogP contribution in [-0.2, 0) is 4.74 Å². The number of carbonyl (C=O) groups is 1. The average molecular weight is 325 g/mol. The summed E-state index contributed by atoms with van der Waals surface area (Å²) in [6.07, 6.45) is 6.31. The summed E-state index contributed by atoms with van der Waals surface area (Å²) in [5.74, 6) is 0.708. The van der Waals surface area contributed by atoms with Crippen molar-refractivity contribution in [2.45, 2.75) is 45.1 Å². The normalized spacial score (nSPS) is 23.3. The summed E-state index contributed by atoms with van der Waals surface area (Å²) in [6, 6.07) is 7.47. The first-order valence-electron chi connectivity index (χ1n) is 7.11. The maximum atomic E-state index is 12.1. The van der Waals surface area contributed by atoms with Crippen LogP contribution in [0.25, 0.3) is 0 Å². The Morgan fingerprint density at radius 1 is 1.26 bits per heavy atom. The molecule has 1 aromatic rings. The second-order valence-electron chi connectivity index (χ2n) is 5.23. The summed E-state index contributed by atoms with van der Waals surface area (Å²) in [4.78, 5) is 12.1. The molecule has 0 aromatic heterocycles. The molecule has 19 heavy (non-hydrogen) atoms. The molecule has 2 rings (SSSR count). The molecule has 0 aliphatic heterocycles. The molecule has 0 spiro atoms. The quantitative estimate of drug-likeness (QED) is 0.739. The molecule has 104 valence electrons. The van der Waals surface area contributed by atoms with Gasteiger partial charge < -0.3 is 4.74 Å². The van der Waals surface area contributed by atoms with Crippen molar-refractivity contribution >= 4 is 21.7 Å². The highest BCUT2D eigenvalue weighted by Crippen LogP contribution is 2.29. The molecule has 1 aliphatic rings. The van der Waals surface area contributed by atoms with Crippen molar-refractivity contribution in [3.63, 3.8) is 0 Å². The first-order valence-corrected chi connectivity index (χ1v) is 7.90. The molecule has 1 saturated carbocycles. The Hall–Kier alpha value is -0.670. The van der Waals surface area contributed by atoms with Crippen molar-refractivity contribution in [3.05, 3.63) is 34.3 Å². The van der Waals surface area contributed by atoms with Crippen LogP contribution in [-0.4, -0.2) is 18.5 Å². The zero-order valence-corrected chi connectivity index (χ0v) is 13.0. The number of rotatable bonds is 5. The van der Waals surface area contributed by atoms with Gasteiger partial charge in [-0.25, -0.2) is 0 Å². The minimum atomic E-state index is 0.0768. The molecule has 1 fully saturated rings. The first-order chi connectivity index (χ1) is 9.20. The maximum absolute atomic E-state index is 12.1. The number of ether oxygens (including phenoxy) is 1. The number of carbonyl (C=O) groups excluding carboxylic acids is 1. The lowest BCUT2D eigenvalue weighted by Gasteiger charge is -2.30. The zero-order valence-electron chi connectivity index (χ0n) is 11.4. The fourth-order valence-electron chi connectivity index (χ4n) is 2.76. The summed E-state index contributed by atoms with van der Waals surface area (Å²) in [5, 5.41) is 0. The Balaban J connectivity index is 1.87. The predicted octanol–water partition coefficient (Wildman–Crippen LogP) is 4.62. The van der Waals surface area contributed by atoms with Crippen LogP contribution in [0.15, 0.2) is 28.7 Å². The standard InChI is InChI=1S/C16H21BrO2/c1-2-12-5-3-4-6-16(12)19-11-15(18)13-7-9-14(17)10-8-13/h7-10,12,16H,2-6,11H2,1H3. The Morgan fingerprint density at radius 3 is 2.63 bits per heavy atom. The van der Waals surface area contributed by atoms with Crippen molar-refractivity contribution < 1.29 is 9.53 Å². The molecular formula is C16H21BrO2. The van der Waals surface area contributed by atoms with E-state index in [1.807, 2.05) is 24.3 Å². The van der Waals surface area contributed by atoms with Gasteiger partial charge in [-0.05, 0) is 30.9 Å². The van der Waals surface area contributed by atoms with E-state index in [2.05, 4.69) is 22.9 Å². The van der Waals surface area contributed by atoms with Gasteiger partial charge >= 0.3 is 0 Å². The van der Waals surface area contributed by atoms with Gasteiger partial charge in [-0.3, -0.25) is 4.79 Å².